The van der Waals surface area contributed by atoms with Crippen molar-refractivity contribution in [2.75, 3.05) is 13.1 Å². The largest absolute Gasteiger partial charge is 0.325 e. The summed E-state index contributed by atoms with van der Waals surface area (Å²) >= 11 is 0. The summed E-state index contributed by atoms with van der Waals surface area (Å²) < 4.78 is 0. The molecule has 0 aromatic heterocycles. The summed E-state index contributed by atoms with van der Waals surface area (Å²) in [5, 5.41) is 2.74. The van der Waals surface area contributed by atoms with Gasteiger partial charge in [-0.05, 0) is 44.2 Å². The minimum atomic E-state index is -0.780. The molecule has 5 nitrogen and oxygen atoms in total. The number of imide groups is 1. The van der Waals surface area contributed by atoms with Gasteiger partial charge in [0.15, 0.2) is 0 Å². The minimum absolute atomic E-state index is 0.129. The number of hydrogen-bond acceptors (Lipinski definition) is 3. The molecular weight excluding hydrogens is 302 g/mol. The fourth-order valence-corrected chi connectivity index (χ4v) is 3.19. The van der Waals surface area contributed by atoms with E-state index in [0.29, 0.717) is 12.6 Å². The van der Waals surface area contributed by atoms with Crippen LogP contribution in [0.1, 0.15) is 44.7 Å². The maximum Gasteiger partial charge on any atom is 0.325 e. The van der Waals surface area contributed by atoms with Gasteiger partial charge in [0.25, 0.3) is 5.91 Å². The second-order valence-electron chi connectivity index (χ2n) is 7.38. The van der Waals surface area contributed by atoms with E-state index in [1.54, 1.807) is 13.8 Å². The first-order chi connectivity index (χ1) is 11.4. The molecule has 2 fully saturated rings. The summed E-state index contributed by atoms with van der Waals surface area (Å²) in [6.45, 7) is 7.72. The number of hydrogen-bond donors (Lipinski definition) is 1. The molecule has 1 N–H and O–H groups in total. The average Bonchev–Trinajstić information content (AvgIpc) is 3.35. The minimum Gasteiger partial charge on any atom is -0.324 e. The van der Waals surface area contributed by atoms with Crippen molar-refractivity contribution in [3.8, 4) is 0 Å². The lowest BCUT2D eigenvalue weighted by Crippen LogP contribution is -2.42. The standard InChI is InChI=1S/C19H27N3O2/c1-4-14-5-7-15(8-6-14)13-21(16-9-10-16)11-12-22-17(23)19(2,3)20-18(22)24/h5-8,16H,4,9-13H2,1-3H3,(H,20,24). The van der Waals surface area contributed by atoms with E-state index in [2.05, 4.69) is 41.4 Å². The molecule has 1 aromatic carbocycles. The monoisotopic (exact) mass is 329 g/mol. The SMILES string of the molecule is CCc1ccc(CN(CCN2C(=O)NC(C)(C)C2=O)C2CC2)cc1. The van der Waals surface area contributed by atoms with Crippen LogP contribution in [0, 0.1) is 0 Å². The van der Waals surface area contributed by atoms with E-state index in [1.807, 2.05) is 0 Å². The predicted molar refractivity (Wildman–Crippen MR) is 93.6 cm³/mol. The maximum atomic E-state index is 12.3. The Kier molecular flexibility index (Phi) is 4.63. The van der Waals surface area contributed by atoms with Crippen molar-refractivity contribution in [1.82, 2.24) is 15.1 Å². The van der Waals surface area contributed by atoms with Crippen LogP contribution in [-0.4, -0.2) is 46.4 Å². The van der Waals surface area contributed by atoms with Crippen molar-refractivity contribution in [2.45, 2.75) is 58.2 Å². The van der Waals surface area contributed by atoms with E-state index < -0.39 is 5.54 Å². The number of nitrogens with zero attached hydrogens (tertiary/aromatic N) is 2. The molecule has 1 saturated carbocycles. The zero-order valence-electron chi connectivity index (χ0n) is 14.8. The van der Waals surface area contributed by atoms with Gasteiger partial charge in [0.05, 0.1) is 0 Å². The molecule has 2 aliphatic rings. The lowest BCUT2D eigenvalue weighted by molar-refractivity contribution is -0.130. The second-order valence-corrected chi connectivity index (χ2v) is 7.38. The van der Waals surface area contributed by atoms with Crippen LogP contribution < -0.4 is 5.32 Å². The summed E-state index contributed by atoms with van der Waals surface area (Å²) in [5.74, 6) is -0.129. The molecule has 5 heteroatoms. The molecule has 3 amide bonds. The lowest BCUT2D eigenvalue weighted by atomic mass is 10.1. The topological polar surface area (TPSA) is 52.6 Å². The molecule has 130 valence electrons. The van der Waals surface area contributed by atoms with Gasteiger partial charge in [-0.1, -0.05) is 31.2 Å². The van der Waals surface area contributed by atoms with Crippen molar-refractivity contribution >= 4 is 11.9 Å². The van der Waals surface area contributed by atoms with Crippen molar-refractivity contribution < 1.29 is 9.59 Å². The van der Waals surface area contributed by atoms with E-state index in [-0.39, 0.29) is 11.9 Å². The van der Waals surface area contributed by atoms with Crippen LogP contribution >= 0.6 is 0 Å². The van der Waals surface area contributed by atoms with Crippen LogP contribution in [0.5, 0.6) is 0 Å². The highest BCUT2D eigenvalue weighted by atomic mass is 16.2. The molecule has 0 radical (unpaired) electrons. The second kappa shape index (κ2) is 6.55. The molecule has 0 unspecified atom stereocenters. The average molecular weight is 329 g/mol. The number of carbonyl (C=O) groups is 2. The highest BCUT2D eigenvalue weighted by molar-refractivity contribution is 6.06. The number of rotatable bonds is 7. The van der Waals surface area contributed by atoms with Crippen LogP contribution in [0.3, 0.4) is 0 Å². The zero-order valence-corrected chi connectivity index (χ0v) is 14.8. The Morgan fingerprint density at radius 2 is 1.79 bits per heavy atom. The van der Waals surface area contributed by atoms with Crippen LogP contribution in [0.15, 0.2) is 24.3 Å². The van der Waals surface area contributed by atoms with Gasteiger partial charge in [-0.15, -0.1) is 0 Å². The number of amides is 3. The number of benzene rings is 1. The first-order valence-corrected chi connectivity index (χ1v) is 8.86. The predicted octanol–water partition coefficient (Wildman–Crippen LogP) is 2.54. The third kappa shape index (κ3) is 3.61. The number of nitrogens with one attached hydrogen (secondary N) is 1. The van der Waals surface area contributed by atoms with Gasteiger partial charge in [-0.2, -0.15) is 0 Å². The summed E-state index contributed by atoms with van der Waals surface area (Å²) in [5.41, 5.74) is 1.85. The smallest absolute Gasteiger partial charge is 0.324 e. The molecule has 1 aromatic rings. The Morgan fingerprint density at radius 3 is 2.29 bits per heavy atom. The summed E-state index contributed by atoms with van der Waals surface area (Å²) in [6.07, 6.45) is 3.46. The maximum absolute atomic E-state index is 12.3. The molecule has 0 bridgehead atoms. The number of carbonyl (C=O) groups excluding carboxylic acids is 2. The quantitative estimate of drug-likeness (QED) is 0.782. The van der Waals surface area contributed by atoms with Gasteiger partial charge in [-0.25, -0.2) is 4.79 Å². The van der Waals surface area contributed by atoms with Gasteiger partial charge < -0.3 is 5.32 Å². The van der Waals surface area contributed by atoms with Crippen LogP contribution in [-0.2, 0) is 17.8 Å². The van der Waals surface area contributed by atoms with Gasteiger partial charge in [0, 0.05) is 25.7 Å². The molecule has 3 rings (SSSR count). The van der Waals surface area contributed by atoms with Gasteiger partial charge >= 0.3 is 6.03 Å². The van der Waals surface area contributed by atoms with E-state index in [4.69, 9.17) is 0 Å². The van der Waals surface area contributed by atoms with Gasteiger partial charge in [0.1, 0.15) is 5.54 Å². The van der Waals surface area contributed by atoms with Crippen LogP contribution in [0.4, 0.5) is 4.79 Å². The summed E-state index contributed by atoms with van der Waals surface area (Å²) in [6, 6.07) is 9.05. The highest BCUT2D eigenvalue weighted by Gasteiger charge is 2.44. The molecule has 0 atom stereocenters. The Labute approximate surface area is 144 Å². The molecular formula is C19H27N3O2. The van der Waals surface area contributed by atoms with E-state index >= 15 is 0 Å². The van der Waals surface area contributed by atoms with E-state index in [9.17, 15) is 9.59 Å². The fraction of sp³-hybridized carbons (Fsp3) is 0.579. The third-order valence-corrected chi connectivity index (χ3v) is 4.94. The number of urea groups is 1. The Bertz CT molecular complexity index is 620. The summed E-state index contributed by atoms with van der Waals surface area (Å²) in [7, 11) is 0. The molecule has 24 heavy (non-hydrogen) atoms. The van der Waals surface area contributed by atoms with E-state index in [1.165, 1.54) is 28.9 Å². The molecule has 1 saturated heterocycles. The molecule has 1 aliphatic heterocycles. The molecule has 1 aliphatic carbocycles. The lowest BCUT2D eigenvalue weighted by Gasteiger charge is -2.24. The Morgan fingerprint density at radius 1 is 1.17 bits per heavy atom. The summed E-state index contributed by atoms with van der Waals surface area (Å²) in [4.78, 5) is 28.0. The molecule has 0 spiro atoms. The van der Waals surface area contributed by atoms with Crippen LogP contribution in [0.2, 0.25) is 0 Å². The number of aryl methyl sites for hydroxylation is 1. The van der Waals surface area contributed by atoms with Crippen molar-refractivity contribution in [1.29, 1.82) is 0 Å². The van der Waals surface area contributed by atoms with Crippen LogP contribution in [0.25, 0.3) is 0 Å². The van der Waals surface area contributed by atoms with Crippen molar-refractivity contribution in [3.05, 3.63) is 35.4 Å². The van der Waals surface area contributed by atoms with Crippen molar-refractivity contribution in [3.63, 3.8) is 0 Å². The fourth-order valence-electron chi connectivity index (χ4n) is 3.19. The third-order valence-electron chi connectivity index (χ3n) is 4.94. The first kappa shape index (κ1) is 17.0. The van der Waals surface area contributed by atoms with Gasteiger partial charge in [0.2, 0.25) is 0 Å². The Balaban J connectivity index is 1.60. The van der Waals surface area contributed by atoms with Crippen molar-refractivity contribution in [2.24, 2.45) is 0 Å². The zero-order chi connectivity index (χ0) is 17.3. The van der Waals surface area contributed by atoms with E-state index in [0.717, 1.165) is 19.5 Å². The van der Waals surface area contributed by atoms with Gasteiger partial charge in [-0.3, -0.25) is 14.6 Å². The normalized spacial score (nSPS) is 19.9. The highest BCUT2D eigenvalue weighted by Crippen LogP contribution is 2.28. The Hall–Kier alpha value is -1.88. The molecule has 1 heterocycles. The first-order valence-electron chi connectivity index (χ1n) is 8.86.